The summed E-state index contributed by atoms with van der Waals surface area (Å²) < 4.78 is 5.76. The number of aryl methyl sites for hydroxylation is 1. The van der Waals surface area contributed by atoms with Gasteiger partial charge in [0.05, 0.1) is 12.1 Å². The fourth-order valence-electron chi connectivity index (χ4n) is 2.35. The molecular weight excluding hydrogens is 246 g/mol. The maximum absolute atomic E-state index is 5.76. The van der Waals surface area contributed by atoms with Gasteiger partial charge in [-0.25, -0.2) is 0 Å². The lowest BCUT2D eigenvalue weighted by atomic mass is 10.1. The molecule has 2 aromatic carbocycles. The molecular formula is C18H16NO. The molecule has 3 rings (SSSR count). The molecule has 1 radical (unpaired) electrons. The van der Waals surface area contributed by atoms with Crippen LogP contribution in [-0.2, 0) is 6.42 Å². The molecule has 0 saturated carbocycles. The number of aromatic nitrogens is 1. The molecule has 0 atom stereocenters. The van der Waals surface area contributed by atoms with Gasteiger partial charge >= 0.3 is 0 Å². The number of ether oxygens (including phenoxy) is 1. The van der Waals surface area contributed by atoms with Crippen LogP contribution in [0, 0.1) is 13.0 Å². The van der Waals surface area contributed by atoms with Crippen molar-refractivity contribution in [1.82, 2.24) is 4.98 Å². The fraction of sp³-hybridized carbons (Fsp3) is 0.167. The number of nitrogens with zero attached hydrogens (tertiary/aromatic N) is 1. The number of pyridine rings is 1. The highest BCUT2D eigenvalue weighted by Gasteiger charge is 2.04. The van der Waals surface area contributed by atoms with E-state index in [-0.39, 0.29) is 0 Å². The van der Waals surface area contributed by atoms with Crippen molar-refractivity contribution in [3.63, 3.8) is 0 Å². The van der Waals surface area contributed by atoms with E-state index in [9.17, 15) is 0 Å². The summed E-state index contributed by atoms with van der Waals surface area (Å²) in [5, 5.41) is 1.21. The maximum Gasteiger partial charge on any atom is 0.119 e. The number of rotatable bonds is 4. The second-order valence-corrected chi connectivity index (χ2v) is 4.77. The minimum atomic E-state index is 0.664. The highest BCUT2D eigenvalue weighted by molar-refractivity contribution is 5.82. The summed E-state index contributed by atoms with van der Waals surface area (Å²) in [5.41, 5.74) is 3.39. The molecule has 99 valence electrons. The summed E-state index contributed by atoms with van der Waals surface area (Å²) in [6.45, 7) is 2.70. The van der Waals surface area contributed by atoms with Crippen LogP contribution in [0.2, 0.25) is 0 Å². The summed E-state index contributed by atoms with van der Waals surface area (Å²) in [4.78, 5) is 4.56. The summed E-state index contributed by atoms with van der Waals surface area (Å²) in [6, 6.07) is 21.0. The Bertz CT molecular complexity index is 707. The van der Waals surface area contributed by atoms with Gasteiger partial charge in [0.25, 0.3) is 0 Å². The lowest BCUT2D eigenvalue weighted by Gasteiger charge is -2.09. The van der Waals surface area contributed by atoms with E-state index in [4.69, 9.17) is 4.74 Å². The quantitative estimate of drug-likeness (QED) is 0.710. The van der Waals surface area contributed by atoms with Crippen LogP contribution in [0.25, 0.3) is 10.9 Å². The molecule has 0 unspecified atom stereocenters. The molecule has 2 heteroatoms. The van der Waals surface area contributed by atoms with Gasteiger partial charge in [0, 0.05) is 17.5 Å². The normalized spacial score (nSPS) is 10.7. The number of hydrogen-bond acceptors (Lipinski definition) is 2. The number of hydrogen-bond donors (Lipinski definition) is 0. The van der Waals surface area contributed by atoms with Gasteiger partial charge in [0.2, 0.25) is 0 Å². The third-order valence-electron chi connectivity index (χ3n) is 3.26. The van der Waals surface area contributed by atoms with Crippen molar-refractivity contribution < 1.29 is 4.74 Å². The number of benzene rings is 2. The van der Waals surface area contributed by atoms with Crippen LogP contribution >= 0.6 is 0 Å². The van der Waals surface area contributed by atoms with Crippen LogP contribution < -0.4 is 4.74 Å². The zero-order valence-electron chi connectivity index (χ0n) is 11.5. The van der Waals surface area contributed by atoms with Crippen molar-refractivity contribution >= 4 is 10.9 Å². The predicted molar refractivity (Wildman–Crippen MR) is 81.0 cm³/mol. The fourth-order valence-corrected chi connectivity index (χ4v) is 2.35. The van der Waals surface area contributed by atoms with Gasteiger partial charge < -0.3 is 4.74 Å². The average molecular weight is 262 g/mol. The first-order chi connectivity index (χ1) is 9.83. The molecule has 3 aromatic rings. The molecule has 0 aliphatic heterocycles. The third kappa shape index (κ3) is 2.80. The third-order valence-corrected chi connectivity index (χ3v) is 3.26. The molecule has 0 aliphatic rings. The number of para-hydroxylation sites is 1. The zero-order chi connectivity index (χ0) is 13.8. The Labute approximate surface area is 119 Å². The summed E-state index contributed by atoms with van der Waals surface area (Å²) in [5.74, 6) is 0.888. The van der Waals surface area contributed by atoms with Crippen LogP contribution in [0.1, 0.15) is 11.3 Å². The molecule has 1 heterocycles. The van der Waals surface area contributed by atoms with Gasteiger partial charge in [-0.15, -0.1) is 0 Å². The lowest BCUT2D eigenvalue weighted by molar-refractivity contribution is 0.322. The summed E-state index contributed by atoms with van der Waals surface area (Å²) in [6.07, 6.45) is 0.877. The lowest BCUT2D eigenvalue weighted by Crippen LogP contribution is -2.02. The Morgan fingerprint density at radius 1 is 1.10 bits per heavy atom. The Morgan fingerprint density at radius 2 is 1.90 bits per heavy atom. The molecule has 2 nitrogen and oxygen atoms in total. The summed E-state index contributed by atoms with van der Waals surface area (Å²) >= 11 is 0. The van der Waals surface area contributed by atoms with E-state index in [1.165, 1.54) is 10.9 Å². The monoisotopic (exact) mass is 262 g/mol. The van der Waals surface area contributed by atoms with Gasteiger partial charge in [-0.2, -0.15) is 0 Å². The maximum atomic E-state index is 5.76. The first-order valence-corrected chi connectivity index (χ1v) is 6.77. The SMILES string of the molecule is Cc1cc(CCOc2cc[c]cc2)c2ccccc2n1. The van der Waals surface area contributed by atoms with Crippen LogP contribution in [0.4, 0.5) is 0 Å². The average Bonchev–Trinajstić information content (AvgIpc) is 2.48. The first kappa shape index (κ1) is 12.7. The van der Waals surface area contributed by atoms with Crippen molar-refractivity contribution in [1.29, 1.82) is 0 Å². The van der Waals surface area contributed by atoms with Crippen LogP contribution in [0.5, 0.6) is 5.75 Å². The molecule has 0 bridgehead atoms. The summed E-state index contributed by atoms with van der Waals surface area (Å²) in [7, 11) is 0. The van der Waals surface area contributed by atoms with Gasteiger partial charge in [-0.1, -0.05) is 30.3 Å². The minimum Gasteiger partial charge on any atom is -0.493 e. The molecule has 0 spiro atoms. The Hall–Kier alpha value is -2.35. The molecule has 0 amide bonds. The van der Waals surface area contributed by atoms with E-state index < -0.39 is 0 Å². The molecule has 0 N–H and O–H groups in total. The van der Waals surface area contributed by atoms with Crippen molar-refractivity contribution in [3.05, 3.63) is 71.9 Å². The highest BCUT2D eigenvalue weighted by Crippen LogP contribution is 2.19. The second kappa shape index (κ2) is 5.74. The van der Waals surface area contributed by atoms with E-state index in [1.54, 1.807) is 0 Å². The van der Waals surface area contributed by atoms with Gasteiger partial charge in [-0.05, 0) is 42.8 Å². The predicted octanol–water partition coefficient (Wildman–Crippen LogP) is 3.96. The van der Waals surface area contributed by atoms with E-state index in [1.807, 2.05) is 37.3 Å². The van der Waals surface area contributed by atoms with Crippen molar-refractivity contribution in [2.75, 3.05) is 6.61 Å². The zero-order valence-corrected chi connectivity index (χ0v) is 11.5. The Kier molecular flexibility index (Phi) is 3.64. The first-order valence-electron chi connectivity index (χ1n) is 6.77. The van der Waals surface area contributed by atoms with E-state index in [2.05, 4.69) is 35.3 Å². The topological polar surface area (TPSA) is 22.1 Å². The second-order valence-electron chi connectivity index (χ2n) is 4.77. The van der Waals surface area contributed by atoms with Crippen LogP contribution in [-0.4, -0.2) is 11.6 Å². The molecule has 0 saturated heterocycles. The molecule has 20 heavy (non-hydrogen) atoms. The van der Waals surface area contributed by atoms with E-state index >= 15 is 0 Å². The Balaban J connectivity index is 1.77. The molecule has 1 aromatic heterocycles. The molecule has 0 aliphatic carbocycles. The standard InChI is InChI=1S/C18H16NO/c1-14-13-15(17-9-5-6-10-18(17)19-14)11-12-20-16-7-3-2-4-8-16/h3-10,13H,11-12H2,1H3. The number of fused-ring (bicyclic) bond motifs is 1. The van der Waals surface area contributed by atoms with Gasteiger partial charge in [0.1, 0.15) is 5.75 Å². The van der Waals surface area contributed by atoms with Crippen molar-refractivity contribution in [3.8, 4) is 5.75 Å². The van der Waals surface area contributed by atoms with Gasteiger partial charge in [0.15, 0.2) is 0 Å². The highest BCUT2D eigenvalue weighted by atomic mass is 16.5. The van der Waals surface area contributed by atoms with Crippen molar-refractivity contribution in [2.45, 2.75) is 13.3 Å². The van der Waals surface area contributed by atoms with Crippen LogP contribution in [0.3, 0.4) is 0 Å². The van der Waals surface area contributed by atoms with Gasteiger partial charge in [-0.3, -0.25) is 4.98 Å². The van der Waals surface area contributed by atoms with E-state index in [0.717, 1.165) is 23.4 Å². The minimum absolute atomic E-state index is 0.664. The molecule has 0 fully saturated rings. The largest absolute Gasteiger partial charge is 0.493 e. The van der Waals surface area contributed by atoms with E-state index in [0.29, 0.717) is 6.61 Å². The van der Waals surface area contributed by atoms with Crippen molar-refractivity contribution in [2.24, 2.45) is 0 Å². The smallest absolute Gasteiger partial charge is 0.119 e. The Morgan fingerprint density at radius 3 is 2.75 bits per heavy atom. The van der Waals surface area contributed by atoms with Crippen LogP contribution in [0.15, 0.2) is 54.6 Å².